The van der Waals surface area contributed by atoms with E-state index in [4.69, 9.17) is 0 Å². The van der Waals surface area contributed by atoms with Gasteiger partial charge in [0.15, 0.2) is 0 Å². The van der Waals surface area contributed by atoms with Gasteiger partial charge in [-0.1, -0.05) is 37.6 Å². The maximum atomic E-state index is 4.42. The normalized spacial score (nSPS) is 10.0. The number of nitrogens with zero attached hydrogens (tertiary/aromatic N) is 2. The predicted molar refractivity (Wildman–Crippen MR) is 81.2 cm³/mol. The van der Waals surface area contributed by atoms with Crippen molar-refractivity contribution in [3.63, 3.8) is 0 Å². The smallest absolute Gasteiger partial charge is 0.0291 e. The molecule has 2 heterocycles. The molecule has 0 bridgehead atoms. The van der Waals surface area contributed by atoms with E-state index < -0.39 is 0 Å². The zero-order valence-electron chi connectivity index (χ0n) is 11.9. The zero-order chi connectivity index (χ0) is 13.9. The van der Waals surface area contributed by atoms with Crippen LogP contribution in [0.25, 0.3) is 22.5 Å². The Morgan fingerprint density at radius 1 is 0.857 bits per heavy atom. The van der Waals surface area contributed by atoms with Crippen molar-refractivity contribution in [1.29, 1.82) is 0 Å². The first-order valence-electron chi connectivity index (χ1n) is 6.62. The van der Waals surface area contributed by atoms with Gasteiger partial charge in [-0.2, -0.15) is 0 Å². The van der Waals surface area contributed by atoms with Crippen LogP contribution < -0.4 is 0 Å². The second kappa shape index (κ2) is 6.75. The van der Waals surface area contributed by atoms with E-state index in [1.165, 1.54) is 0 Å². The molecule has 0 fully saturated rings. The molecule has 0 aliphatic rings. The van der Waals surface area contributed by atoms with Gasteiger partial charge >= 0.3 is 0 Å². The Balaban J connectivity index is 0.00000161. The SMILES string of the molecule is Cc1[c-]c(-c2ccccn2)c(C)cc1-c1ccccn1.[Ir]. The number of aromatic nitrogens is 2. The van der Waals surface area contributed by atoms with Gasteiger partial charge in [0.05, 0.1) is 0 Å². The van der Waals surface area contributed by atoms with Gasteiger partial charge < -0.3 is 4.98 Å². The molecule has 21 heavy (non-hydrogen) atoms. The molecule has 0 saturated carbocycles. The van der Waals surface area contributed by atoms with Crippen molar-refractivity contribution < 1.29 is 20.1 Å². The van der Waals surface area contributed by atoms with Gasteiger partial charge in [0.2, 0.25) is 0 Å². The first-order chi connectivity index (χ1) is 9.75. The quantitative estimate of drug-likeness (QED) is 0.545. The largest absolute Gasteiger partial charge is 0.305 e. The molecule has 1 radical (unpaired) electrons. The topological polar surface area (TPSA) is 25.8 Å². The Bertz CT molecular complexity index is 660. The molecule has 0 amide bonds. The van der Waals surface area contributed by atoms with Crippen LogP contribution in [-0.4, -0.2) is 9.97 Å². The fourth-order valence-corrected chi connectivity index (χ4v) is 2.32. The van der Waals surface area contributed by atoms with E-state index in [9.17, 15) is 0 Å². The molecule has 0 atom stereocenters. The summed E-state index contributed by atoms with van der Waals surface area (Å²) in [5.41, 5.74) is 6.38. The Morgan fingerprint density at radius 2 is 1.48 bits per heavy atom. The Labute approximate surface area is 138 Å². The third kappa shape index (κ3) is 3.26. The van der Waals surface area contributed by atoms with Crippen LogP contribution in [0, 0.1) is 19.9 Å². The molecule has 3 heteroatoms. The summed E-state index contributed by atoms with van der Waals surface area (Å²) in [7, 11) is 0. The van der Waals surface area contributed by atoms with Gasteiger partial charge in [0, 0.05) is 38.2 Å². The van der Waals surface area contributed by atoms with Gasteiger partial charge in [0.25, 0.3) is 0 Å². The molecule has 0 saturated heterocycles. The minimum absolute atomic E-state index is 0. The average molecular weight is 452 g/mol. The van der Waals surface area contributed by atoms with Crippen LogP contribution in [0.3, 0.4) is 0 Å². The summed E-state index contributed by atoms with van der Waals surface area (Å²) in [6.45, 7) is 4.16. The van der Waals surface area contributed by atoms with Crippen molar-refractivity contribution in [2.75, 3.05) is 0 Å². The van der Waals surface area contributed by atoms with Crippen molar-refractivity contribution in [2.45, 2.75) is 13.8 Å². The van der Waals surface area contributed by atoms with Crippen molar-refractivity contribution in [1.82, 2.24) is 9.97 Å². The predicted octanol–water partition coefficient (Wildman–Crippen LogP) is 4.23. The minimum Gasteiger partial charge on any atom is -0.305 e. The zero-order valence-corrected chi connectivity index (χ0v) is 14.3. The van der Waals surface area contributed by atoms with Crippen LogP contribution in [0.2, 0.25) is 0 Å². The molecule has 2 aromatic heterocycles. The summed E-state index contributed by atoms with van der Waals surface area (Å²) in [5.74, 6) is 0. The monoisotopic (exact) mass is 452 g/mol. The Hall–Kier alpha value is -1.83. The number of benzene rings is 1. The van der Waals surface area contributed by atoms with E-state index in [2.05, 4.69) is 35.9 Å². The van der Waals surface area contributed by atoms with Crippen LogP contribution in [0.4, 0.5) is 0 Å². The maximum Gasteiger partial charge on any atom is 0.0291 e. The van der Waals surface area contributed by atoms with E-state index in [0.717, 1.165) is 33.6 Å². The third-order valence-corrected chi connectivity index (χ3v) is 3.33. The van der Waals surface area contributed by atoms with Crippen molar-refractivity contribution in [3.8, 4) is 22.5 Å². The van der Waals surface area contributed by atoms with Gasteiger partial charge in [-0.25, -0.2) is 0 Å². The summed E-state index contributed by atoms with van der Waals surface area (Å²) >= 11 is 0. The molecular weight excluding hydrogens is 436 g/mol. The molecular formula is C18H15IrN2-. The summed E-state index contributed by atoms with van der Waals surface area (Å²) < 4.78 is 0. The molecule has 2 nitrogen and oxygen atoms in total. The number of rotatable bonds is 2. The first-order valence-corrected chi connectivity index (χ1v) is 6.62. The Kier molecular flexibility index (Phi) is 5.00. The second-order valence-electron chi connectivity index (χ2n) is 4.80. The molecule has 0 aliphatic carbocycles. The average Bonchev–Trinajstić information content (AvgIpc) is 2.51. The van der Waals surface area contributed by atoms with Gasteiger partial charge in [-0.05, 0) is 23.9 Å². The van der Waals surface area contributed by atoms with Crippen LogP contribution in [0.15, 0.2) is 54.9 Å². The van der Waals surface area contributed by atoms with Crippen LogP contribution in [0.5, 0.6) is 0 Å². The fraction of sp³-hybridized carbons (Fsp3) is 0.111. The van der Waals surface area contributed by atoms with E-state index in [1.807, 2.05) is 48.8 Å². The number of hydrogen-bond donors (Lipinski definition) is 0. The van der Waals surface area contributed by atoms with Crippen LogP contribution in [-0.2, 0) is 20.1 Å². The molecule has 0 aliphatic heterocycles. The molecule has 0 N–H and O–H groups in total. The van der Waals surface area contributed by atoms with Gasteiger partial charge in [-0.3, -0.25) is 4.98 Å². The van der Waals surface area contributed by atoms with Crippen molar-refractivity contribution in [3.05, 3.63) is 72.1 Å². The van der Waals surface area contributed by atoms with E-state index >= 15 is 0 Å². The summed E-state index contributed by atoms with van der Waals surface area (Å²) in [4.78, 5) is 8.82. The molecule has 3 aromatic rings. The van der Waals surface area contributed by atoms with Crippen LogP contribution >= 0.6 is 0 Å². The van der Waals surface area contributed by atoms with Crippen molar-refractivity contribution >= 4 is 0 Å². The fourth-order valence-electron chi connectivity index (χ4n) is 2.32. The Morgan fingerprint density at radius 3 is 2.05 bits per heavy atom. The summed E-state index contributed by atoms with van der Waals surface area (Å²) in [6.07, 6.45) is 3.63. The number of hydrogen-bond acceptors (Lipinski definition) is 2. The van der Waals surface area contributed by atoms with Crippen LogP contribution in [0.1, 0.15) is 11.1 Å². The molecule has 107 valence electrons. The van der Waals surface area contributed by atoms with E-state index in [0.29, 0.717) is 0 Å². The van der Waals surface area contributed by atoms with Gasteiger partial charge in [-0.15, -0.1) is 28.8 Å². The van der Waals surface area contributed by atoms with Gasteiger partial charge in [0.1, 0.15) is 0 Å². The van der Waals surface area contributed by atoms with E-state index in [-0.39, 0.29) is 20.1 Å². The maximum absolute atomic E-state index is 4.42. The van der Waals surface area contributed by atoms with Crippen molar-refractivity contribution in [2.24, 2.45) is 0 Å². The molecule has 3 rings (SSSR count). The third-order valence-electron chi connectivity index (χ3n) is 3.33. The second-order valence-corrected chi connectivity index (χ2v) is 4.80. The van der Waals surface area contributed by atoms with E-state index in [1.54, 1.807) is 0 Å². The first kappa shape index (κ1) is 15.6. The summed E-state index contributed by atoms with van der Waals surface area (Å²) in [6, 6.07) is 17.5. The molecule has 0 spiro atoms. The molecule has 1 aromatic carbocycles. The summed E-state index contributed by atoms with van der Waals surface area (Å²) in [5, 5.41) is 0. The number of pyridine rings is 2. The molecule has 0 unspecified atom stereocenters. The minimum atomic E-state index is 0. The number of aryl methyl sites for hydroxylation is 2. The standard InChI is InChI=1S/C18H15N2.Ir/c1-13-11-16(18-8-4-6-10-20-18)14(2)12-15(13)17-7-3-5-9-19-17;/h3-11H,1-2H3;/q-1;.